The topological polar surface area (TPSA) is 70.9 Å². The summed E-state index contributed by atoms with van der Waals surface area (Å²) < 4.78 is 5.69. The second kappa shape index (κ2) is 7.24. The Morgan fingerprint density at radius 3 is 3.05 bits per heavy atom. The third kappa shape index (κ3) is 4.30. The van der Waals surface area contributed by atoms with Crippen LogP contribution in [0, 0.1) is 0 Å². The lowest BCUT2D eigenvalue weighted by Crippen LogP contribution is -2.19. The molecule has 110 valence electrons. The highest BCUT2D eigenvalue weighted by Crippen LogP contribution is 2.31. The van der Waals surface area contributed by atoms with Gasteiger partial charge in [-0.05, 0) is 39.5 Å². The molecular weight excluding hydrogens is 356 g/mol. The molecule has 0 aliphatic rings. The van der Waals surface area contributed by atoms with Crippen LogP contribution in [0.15, 0.2) is 39.2 Å². The Balaban J connectivity index is 1.98. The predicted molar refractivity (Wildman–Crippen MR) is 86.1 cm³/mol. The molecule has 0 aliphatic carbocycles. The van der Waals surface area contributed by atoms with Gasteiger partial charge in [0, 0.05) is 14.9 Å². The number of nitrogens with zero attached hydrogens (tertiary/aromatic N) is 1. The Morgan fingerprint density at radius 1 is 1.57 bits per heavy atom. The molecular formula is C14H13BrN2O3S. The number of carbonyl (C=O) groups excluding carboxylic acids is 1. The highest BCUT2D eigenvalue weighted by molar-refractivity contribution is 9.10. The van der Waals surface area contributed by atoms with E-state index in [-0.39, 0.29) is 11.7 Å². The van der Waals surface area contributed by atoms with Gasteiger partial charge in [-0.1, -0.05) is 6.07 Å². The number of hydrazone groups is 1. The Morgan fingerprint density at radius 2 is 2.38 bits per heavy atom. The Hall–Kier alpha value is -1.86. The lowest BCUT2D eigenvalue weighted by Gasteiger charge is -2.06. The highest BCUT2D eigenvalue weighted by Gasteiger charge is 2.07. The molecule has 0 bridgehead atoms. The minimum atomic E-state index is -0.192. The van der Waals surface area contributed by atoms with Crippen molar-refractivity contribution in [3.63, 3.8) is 0 Å². The molecule has 0 unspecified atom stereocenters. The molecule has 0 spiro atoms. The van der Waals surface area contributed by atoms with Gasteiger partial charge in [0.25, 0.3) is 0 Å². The van der Waals surface area contributed by atoms with Crippen LogP contribution in [0.3, 0.4) is 0 Å². The number of hydrogen-bond acceptors (Lipinski definition) is 5. The maximum Gasteiger partial charge on any atom is 0.245 e. The second-order valence-electron chi connectivity index (χ2n) is 4.09. The number of halogens is 1. The zero-order valence-electron chi connectivity index (χ0n) is 11.2. The van der Waals surface area contributed by atoms with Crippen molar-refractivity contribution in [2.75, 3.05) is 7.11 Å². The summed E-state index contributed by atoms with van der Waals surface area (Å²) in [6.07, 6.45) is 1.75. The van der Waals surface area contributed by atoms with E-state index in [1.807, 2.05) is 17.5 Å². The lowest BCUT2D eigenvalue weighted by molar-refractivity contribution is -0.120. The normalized spacial score (nSPS) is 10.8. The summed E-state index contributed by atoms with van der Waals surface area (Å²) in [5.74, 6) is 0.176. The molecule has 0 fully saturated rings. The first-order valence-electron chi connectivity index (χ1n) is 6.01. The average molecular weight is 369 g/mol. The number of phenols is 1. The minimum Gasteiger partial charge on any atom is -0.504 e. The molecule has 0 saturated carbocycles. The van der Waals surface area contributed by atoms with Gasteiger partial charge in [0.1, 0.15) is 0 Å². The van der Waals surface area contributed by atoms with Crippen molar-refractivity contribution >= 4 is 39.4 Å². The van der Waals surface area contributed by atoms with E-state index >= 15 is 0 Å². The quantitative estimate of drug-likeness (QED) is 0.629. The van der Waals surface area contributed by atoms with Gasteiger partial charge in [-0.2, -0.15) is 5.10 Å². The van der Waals surface area contributed by atoms with Crippen LogP contribution < -0.4 is 10.2 Å². The number of ether oxygens (including phenoxy) is 1. The van der Waals surface area contributed by atoms with Crippen molar-refractivity contribution in [3.8, 4) is 11.5 Å². The molecule has 1 amide bonds. The average Bonchev–Trinajstić information content (AvgIpc) is 2.95. The first-order valence-corrected chi connectivity index (χ1v) is 7.68. The zero-order chi connectivity index (χ0) is 15.2. The molecule has 0 radical (unpaired) electrons. The number of benzene rings is 1. The SMILES string of the molecule is COc1cc(Br)c(/C=N/NC(=O)Cc2cccs2)cc1O. The zero-order valence-corrected chi connectivity index (χ0v) is 13.6. The van der Waals surface area contributed by atoms with Crippen molar-refractivity contribution in [2.45, 2.75) is 6.42 Å². The van der Waals surface area contributed by atoms with Crippen LogP contribution in [-0.2, 0) is 11.2 Å². The van der Waals surface area contributed by atoms with Crippen molar-refractivity contribution in [1.82, 2.24) is 5.43 Å². The third-order valence-corrected chi connectivity index (χ3v) is 4.17. The van der Waals surface area contributed by atoms with E-state index < -0.39 is 0 Å². The number of hydrogen-bond donors (Lipinski definition) is 2. The number of phenolic OH excluding ortho intramolecular Hbond substituents is 1. The molecule has 21 heavy (non-hydrogen) atoms. The van der Waals surface area contributed by atoms with E-state index in [0.29, 0.717) is 22.2 Å². The van der Waals surface area contributed by atoms with E-state index in [1.165, 1.54) is 30.7 Å². The van der Waals surface area contributed by atoms with Gasteiger partial charge in [-0.25, -0.2) is 5.43 Å². The summed E-state index contributed by atoms with van der Waals surface area (Å²) in [6.45, 7) is 0. The van der Waals surface area contributed by atoms with Crippen LogP contribution in [0.5, 0.6) is 11.5 Å². The number of aromatic hydroxyl groups is 1. The Labute approximate surface area is 134 Å². The smallest absolute Gasteiger partial charge is 0.245 e. The summed E-state index contributed by atoms with van der Waals surface area (Å²) in [5.41, 5.74) is 3.08. The van der Waals surface area contributed by atoms with Gasteiger partial charge >= 0.3 is 0 Å². The molecule has 0 aliphatic heterocycles. The van der Waals surface area contributed by atoms with E-state index in [0.717, 1.165) is 4.88 Å². The van der Waals surface area contributed by atoms with Gasteiger partial charge in [-0.3, -0.25) is 4.79 Å². The molecule has 7 heteroatoms. The van der Waals surface area contributed by atoms with Crippen LogP contribution in [0.4, 0.5) is 0 Å². The van der Waals surface area contributed by atoms with E-state index in [2.05, 4.69) is 26.5 Å². The summed E-state index contributed by atoms with van der Waals surface area (Å²) in [5, 5.41) is 15.5. The van der Waals surface area contributed by atoms with Gasteiger partial charge in [0.2, 0.25) is 5.91 Å². The summed E-state index contributed by atoms with van der Waals surface area (Å²) in [7, 11) is 1.47. The van der Waals surface area contributed by atoms with E-state index in [9.17, 15) is 9.90 Å². The van der Waals surface area contributed by atoms with Gasteiger partial charge in [-0.15, -0.1) is 11.3 Å². The second-order valence-corrected chi connectivity index (χ2v) is 5.98. The molecule has 5 nitrogen and oxygen atoms in total. The Bertz CT molecular complexity index is 656. The highest BCUT2D eigenvalue weighted by atomic mass is 79.9. The van der Waals surface area contributed by atoms with Crippen molar-refractivity contribution in [3.05, 3.63) is 44.6 Å². The van der Waals surface area contributed by atoms with E-state index in [4.69, 9.17) is 4.74 Å². The minimum absolute atomic E-state index is 0.00654. The lowest BCUT2D eigenvalue weighted by atomic mass is 10.2. The number of methoxy groups -OCH3 is 1. The number of thiophene rings is 1. The van der Waals surface area contributed by atoms with Crippen LogP contribution >= 0.6 is 27.3 Å². The predicted octanol–water partition coefficient (Wildman–Crippen LogP) is 2.92. The number of nitrogens with one attached hydrogen (secondary N) is 1. The molecule has 0 atom stereocenters. The molecule has 1 aromatic heterocycles. The fourth-order valence-corrected chi connectivity index (χ4v) is 2.74. The van der Waals surface area contributed by atoms with Crippen LogP contribution in [0.1, 0.15) is 10.4 Å². The molecule has 1 heterocycles. The fraction of sp³-hybridized carbons (Fsp3) is 0.143. The number of rotatable bonds is 5. The van der Waals surface area contributed by atoms with Crippen molar-refractivity contribution < 1.29 is 14.6 Å². The van der Waals surface area contributed by atoms with Gasteiger partial charge in [0.15, 0.2) is 11.5 Å². The first kappa shape index (κ1) is 15.5. The molecule has 0 saturated heterocycles. The first-order chi connectivity index (χ1) is 10.1. The summed E-state index contributed by atoms with van der Waals surface area (Å²) >= 11 is 4.87. The Kier molecular flexibility index (Phi) is 5.35. The molecule has 1 aromatic carbocycles. The molecule has 2 rings (SSSR count). The molecule has 2 aromatic rings. The summed E-state index contributed by atoms with van der Waals surface area (Å²) in [6, 6.07) is 6.92. The standard InChI is InChI=1S/C14H13BrN2O3S/c1-20-13-7-11(15)9(5-12(13)18)8-16-17-14(19)6-10-3-2-4-21-10/h2-5,7-8,18H,6H2,1H3,(H,17,19)/b16-8+. The van der Waals surface area contributed by atoms with Crippen molar-refractivity contribution in [1.29, 1.82) is 0 Å². The fourth-order valence-electron chi connectivity index (χ4n) is 1.61. The maximum absolute atomic E-state index is 11.7. The van der Waals surface area contributed by atoms with Gasteiger partial charge < -0.3 is 9.84 Å². The van der Waals surface area contributed by atoms with Crippen LogP contribution in [-0.4, -0.2) is 24.3 Å². The summed E-state index contributed by atoms with van der Waals surface area (Å²) in [4.78, 5) is 12.6. The maximum atomic E-state index is 11.7. The van der Waals surface area contributed by atoms with Crippen molar-refractivity contribution in [2.24, 2.45) is 5.10 Å². The number of amides is 1. The van der Waals surface area contributed by atoms with Gasteiger partial charge in [0.05, 0.1) is 19.7 Å². The molecule has 2 N–H and O–H groups in total. The monoisotopic (exact) mass is 368 g/mol. The third-order valence-electron chi connectivity index (χ3n) is 2.61. The van der Waals surface area contributed by atoms with Crippen LogP contribution in [0.2, 0.25) is 0 Å². The largest absolute Gasteiger partial charge is 0.504 e. The number of carbonyl (C=O) groups is 1. The van der Waals surface area contributed by atoms with E-state index in [1.54, 1.807) is 6.07 Å². The van der Waals surface area contributed by atoms with Crippen LogP contribution in [0.25, 0.3) is 0 Å².